The lowest BCUT2D eigenvalue weighted by Crippen LogP contribution is -2.41. The maximum Gasteiger partial charge on any atom is 0.0919 e. The third-order valence-corrected chi connectivity index (χ3v) is 4.24. The molecular weight excluding hydrogens is 262 g/mol. The molecule has 1 fully saturated rings. The van der Waals surface area contributed by atoms with Gasteiger partial charge in [-0.2, -0.15) is 0 Å². The molecule has 118 valence electrons. The Hall–Kier alpha value is -0.900. The van der Waals surface area contributed by atoms with Crippen LogP contribution in [-0.4, -0.2) is 42.4 Å². The van der Waals surface area contributed by atoms with Crippen molar-refractivity contribution >= 4 is 0 Å². The fourth-order valence-electron chi connectivity index (χ4n) is 3.06. The Kier molecular flexibility index (Phi) is 6.22. The Labute approximate surface area is 128 Å². The zero-order valence-electron chi connectivity index (χ0n) is 13.6. The molecule has 3 nitrogen and oxygen atoms in total. The molecule has 0 amide bonds. The molecule has 1 N–H and O–H groups in total. The molecule has 21 heavy (non-hydrogen) atoms. The number of rotatable bonds is 6. The number of piperidine rings is 1. The van der Waals surface area contributed by atoms with Gasteiger partial charge in [0.2, 0.25) is 0 Å². The molecule has 1 aromatic carbocycles. The van der Waals surface area contributed by atoms with Gasteiger partial charge in [0.15, 0.2) is 0 Å². The van der Waals surface area contributed by atoms with E-state index in [9.17, 15) is 5.11 Å². The zero-order valence-corrected chi connectivity index (χ0v) is 13.6. The Morgan fingerprint density at radius 2 is 2.19 bits per heavy atom. The minimum Gasteiger partial charge on any atom is -0.387 e. The number of aliphatic hydroxyl groups is 1. The molecule has 0 bridgehead atoms. The fraction of sp³-hybridized carbons (Fsp3) is 0.667. The lowest BCUT2D eigenvalue weighted by atomic mass is 9.99. The van der Waals surface area contributed by atoms with Gasteiger partial charge in [-0.15, -0.1) is 0 Å². The summed E-state index contributed by atoms with van der Waals surface area (Å²) in [5.74, 6) is 0. The van der Waals surface area contributed by atoms with Crippen molar-refractivity contribution in [3.05, 3.63) is 34.9 Å². The van der Waals surface area contributed by atoms with Crippen molar-refractivity contribution in [2.75, 3.05) is 26.2 Å². The second-order valence-electron chi connectivity index (χ2n) is 6.27. The van der Waals surface area contributed by atoms with E-state index >= 15 is 0 Å². The summed E-state index contributed by atoms with van der Waals surface area (Å²) in [6.45, 7) is 9.85. The molecule has 3 heteroatoms. The number of hydrogen-bond acceptors (Lipinski definition) is 3. The predicted molar refractivity (Wildman–Crippen MR) is 86.6 cm³/mol. The third kappa shape index (κ3) is 4.80. The van der Waals surface area contributed by atoms with Crippen LogP contribution in [0.2, 0.25) is 0 Å². The summed E-state index contributed by atoms with van der Waals surface area (Å²) in [6.07, 6.45) is 3.31. The highest BCUT2D eigenvalue weighted by Gasteiger charge is 2.23. The first-order valence-electron chi connectivity index (χ1n) is 8.19. The lowest BCUT2D eigenvalue weighted by molar-refractivity contribution is -0.0120. The third-order valence-electron chi connectivity index (χ3n) is 4.24. The number of aliphatic hydroxyl groups excluding tert-OH is 1. The molecule has 0 radical (unpaired) electrons. The van der Waals surface area contributed by atoms with E-state index in [0.29, 0.717) is 12.6 Å². The highest BCUT2D eigenvalue weighted by molar-refractivity contribution is 5.32. The number of β-amino-alcohol motifs (C(OH)–C–C–N with tert-alkyl or cyclic N) is 1. The molecule has 1 heterocycles. The Balaban J connectivity index is 1.92. The first-order chi connectivity index (χ1) is 10.1. The second kappa shape index (κ2) is 7.92. The number of aryl methyl sites for hydroxylation is 2. The number of benzene rings is 1. The summed E-state index contributed by atoms with van der Waals surface area (Å²) >= 11 is 0. The molecular formula is C18H29NO2. The Bertz CT molecular complexity index is 447. The molecule has 0 aromatic heterocycles. The van der Waals surface area contributed by atoms with Crippen molar-refractivity contribution in [3.63, 3.8) is 0 Å². The minimum atomic E-state index is -0.408. The van der Waals surface area contributed by atoms with Crippen molar-refractivity contribution in [3.8, 4) is 0 Å². The number of nitrogens with zero attached hydrogens (tertiary/aromatic N) is 1. The molecule has 2 atom stereocenters. The minimum absolute atomic E-state index is 0.338. The lowest BCUT2D eigenvalue weighted by Gasteiger charge is -2.34. The smallest absolute Gasteiger partial charge is 0.0919 e. The predicted octanol–water partition coefficient (Wildman–Crippen LogP) is 3.23. The van der Waals surface area contributed by atoms with E-state index in [4.69, 9.17) is 4.74 Å². The summed E-state index contributed by atoms with van der Waals surface area (Å²) in [7, 11) is 0. The molecule has 2 unspecified atom stereocenters. The van der Waals surface area contributed by atoms with Gasteiger partial charge in [0, 0.05) is 19.7 Å². The SMILES string of the molecule is CCCOC1CCCN(CC(O)c2cc(C)ccc2C)C1. The first-order valence-corrected chi connectivity index (χ1v) is 8.19. The zero-order chi connectivity index (χ0) is 15.2. The van der Waals surface area contributed by atoms with Crippen LogP contribution >= 0.6 is 0 Å². The van der Waals surface area contributed by atoms with Crippen LogP contribution in [0.25, 0.3) is 0 Å². The van der Waals surface area contributed by atoms with Gasteiger partial charge in [-0.25, -0.2) is 0 Å². The topological polar surface area (TPSA) is 32.7 Å². The number of likely N-dealkylation sites (tertiary alicyclic amines) is 1. The summed E-state index contributed by atoms with van der Waals surface area (Å²) in [6, 6.07) is 6.30. The average Bonchev–Trinajstić information content (AvgIpc) is 2.48. The number of ether oxygens (including phenoxy) is 1. The molecule has 0 saturated carbocycles. The van der Waals surface area contributed by atoms with Gasteiger partial charge in [-0.05, 0) is 50.8 Å². The van der Waals surface area contributed by atoms with E-state index in [1.807, 2.05) is 0 Å². The van der Waals surface area contributed by atoms with Crippen LogP contribution < -0.4 is 0 Å². The molecule has 1 aliphatic heterocycles. The van der Waals surface area contributed by atoms with Crippen molar-refractivity contribution in [1.29, 1.82) is 0 Å². The van der Waals surface area contributed by atoms with Crippen LogP contribution in [-0.2, 0) is 4.74 Å². The Morgan fingerprint density at radius 1 is 1.38 bits per heavy atom. The Morgan fingerprint density at radius 3 is 2.95 bits per heavy atom. The van der Waals surface area contributed by atoms with E-state index in [1.165, 1.54) is 11.1 Å². The van der Waals surface area contributed by atoms with Gasteiger partial charge in [0.25, 0.3) is 0 Å². The standard InChI is InChI=1S/C18H29NO2/c1-4-10-21-16-6-5-9-19(12-16)13-18(20)17-11-14(2)7-8-15(17)3/h7-8,11,16,18,20H,4-6,9-10,12-13H2,1-3H3. The van der Waals surface area contributed by atoms with Gasteiger partial charge >= 0.3 is 0 Å². The maximum atomic E-state index is 10.6. The highest BCUT2D eigenvalue weighted by Crippen LogP contribution is 2.22. The molecule has 1 aromatic rings. The average molecular weight is 291 g/mol. The monoisotopic (exact) mass is 291 g/mol. The maximum absolute atomic E-state index is 10.6. The molecule has 0 spiro atoms. The van der Waals surface area contributed by atoms with E-state index in [0.717, 1.165) is 44.5 Å². The molecule has 0 aliphatic carbocycles. The van der Waals surface area contributed by atoms with Crippen molar-refractivity contribution in [2.45, 2.75) is 52.2 Å². The summed E-state index contributed by atoms with van der Waals surface area (Å²) in [4.78, 5) is 2.34. The van der Waals surface area contributed by atoms with Gasteiger partial charge in [-0.3, -0.25) is 4.90 Å². The fourth-order valence-corrected chi connectivity index (χ4v) is 3.06. The summed E-state index contributed by atoms with van der Waals surface area (Å²) in [5.41, 5.74) is 3.44. The largest absolute Gasteiger partial charge is 0.387 e. The molecule has 1 saturated heterocycles. The normalized spacial score (nSPS) is 21.4. The van der Waals surface area contributed by atoms with Crippen LogP contribution in [0.5, 0.6) is 0 Å². The van der Waals surface area contributed by atoms with E-state index in [2.05, 4.69) is 43.9 Å². The summed E-state index contributed by atoms with van der Waals surface area (Å²) < 4.78 is 5.87. The van der Waals surface area contributed by atoms with Gasteiger partial charge in [-0.1, -0.05) is 30.7 Å². The van der Waals surface area contributed by atoms with E-state index < -0.39 is 6.10 Å². The van der Waals surface area contributed by atoms with Gasteiger partial charge in [0.1, 0.15) is 0 Å². The van der Waals surface area contributed by atoms with Crippen LogP contribution in [0, 0.1) is 13.8 Å². The van der Waals surface area contributed by atoms with Crippen LogP contribution in [0.15, 0.2) is 18.2 Å². The van der Waals surface area contributed by atoms with E-state index in [-0.39, 0.29) is 0 Å². The first kappa shape index (κ1) is 16.5. The quantitative estimate of drug-likeness (QED) is 0.873. The van der Waals surface area contributed by atoms with Gasteiger partial charge in [0.05, 0.1) is 12.2 Å². The van der Waals surface area contributed by atoms with Crippen molar-refractivity contribution < 1.29 is 9.84 Å². The molecule has 2 rings (SSSR count). The van der Waals surface area contributed by atoms with Crippen LogP contribution in [0.4, 0.5) is 0 Å². The van der Waals surface area contributed by atoms with E-state index in [1.54, 1.807) is 0 Å². The summed E-state index contributed by atoms with van der Waals surface area (Å²) in [5, 5.41) is 10.6. The molecule has 1 aliphatic rings. The van der Waals surface area contributed by atoms with Crippen LogP contribution in [0.1, 0.15) is 49.0 Å². The van der Waals surface area contributed by atoms with Crippen LogP contribution in [0.3, 0.4) is 0 Å². The highest BCUT2D eigenvalue weighted by atomic mass is 16.5. The van der Waals surface area contributed by atoms with Gasteiger partial charge < -0.3 is 9.84 Å². The van der Waals surface area contributed by atoms with Crippen molar-refractivity contribution in [1.82, 2.24) is 4.90 Å². The number of hydrogen-bond donors (Lipinski definition) is 1. The second-order valence-corrected chi connectivity index (χ2v) is 6.27. The van der Waals surface area contributed by atoms with Crippen molar-refractivity contribution in [2.24, 2.45) is 0 Å².